The van der Waals surface area contributed by atoms with Crippen molar-refractivity contribution in [1.82, 2.24) is 0 Å². The van der Waals surface area contributed by atoms with E-state index >= 15 is 0 Å². The molecule has 0 bridgehead atoms. The van der Waals surface area contributed by atoms with Crippen molar-refractivity contribution >= 4 is 5.97 Å². The second-order valence-corrected chi connectivity index (χ2v) is 3.97. The molecule has 2 nitrogen and oxygen atoms in total. The first-order valence-corrected chi connectivity index (χ1v) is 4.74. The van der Waals surface area contributed by atoms with Crippen LogP contribution >= 0.6 is 0 Å². The Morgan fingerprint density at radius 1 is 1.42 bits per heavy atom. The molecule has 0 unspecified atom stereocenters. The monoisotopic (exact) mass is 170 g/mol. The van der Waals surface area contributed by atoms with Crippen molar-refractivity contribution in [3.8, 4) is 0 Å². The molecule has 0 N–H and O–H groups in total. The molecule has 0 amide bonds. The fraction of sp³-hybridized carbons (Fsp3) is 0.900. The van der Waals surface area contributed by atoms with Crippen LogP contribution in [0.15, 0.2) is 0 Å². The highest BCUT2D eigenvalue weighted by Gasteiger charge is 2.35. The Hall–Kier alpha value is -0.530. The lowest BCUT2D eigenvalue weighted by Gasteiger charge is -2.20. The molecule has 0 radical (unpaired) electrons. The number of rotatable bonds is 2. The Balaban J connectivity index is 2.57. The highest BCUT2D eigenvalue weighted by atomic mass is 16.5. The number of ether oxygens (including phenoxy) is 1. The molecule has 0 aromatic carbocycles. The zero-order valence-electron chi connectivity index (χ0n) is 8.17. The van der Waals surface area contributed by atoms with Crippen LogP contribution in [-0.2, 0) is 9.53 Å². The Morgan fingerprint density at radius 2 is 2.08 bits per heavy atom. The summed E-state index contributed by atoms with van der Waals surface area (Å²) in [6.07, 6.45) is 3.40. The fourth-order valence-corrected chi connectivity index (χ4v) is 2.23. The summed E-state index contributed by atoms with van der Waals surface area (Å²) in [5.74, 6) is 1.33. The van der Waals surface area contributed by atoms with Crippen molar-refractivity contribution in [2.45, 2.75) is 33.1 Å². The van der Waals surface area contributed by atoms with Gasteiger partial charge in [-0.3, -0.25) is 4.79 Å². The molecule has 0 spiro atoms. The molecule has 0 aliphatic heterocycles. The third kappa shape index (κ3) is 1.79. The highest BCUT2D eigenvalue weighted by molar-refractivity contribution is 5.73. The van der Waals surface area contributed by atoms with Gasteiger partial charge in [-0.1, -0.05) is 20.3 Å². The zero-order chi connectivity index (χ0) is 9.14. The predicted octanol–water partition coefficient (Wildman–Crippen LogP) is 2.23. The molecule has 1 saturated carbocycles. The van der Waals surface area contributed by atoms with Crippen molar-refractivity contribution < 1.29 is 9.53 Å². The van der Waals surface area contributed by atoms with Crippen molar-refractivity contribution in [3.63, 3.8) is 0 Å². The maximum absolute atomic E-state index is 11.3. The molecule has 2 atom stereocenters. The first-order valence-electron chi connectivity index (χ1n) is 4.74. The lowest BCUT2D eigenvalue weighted by atomic mass is 9.86. The molecule has 12 heavy (non-hydrogen) atoms. The van der Waals surface area contributed by atoms with E-state index < -0.39 is 0 Å². The average molecular weight is 170 g/mol. The summed E-state index contributed by atoms with van der Waals surface area (Å²) < 4.78 is 4.78. The quantitative estimate of drug-likeness (QED) is 0.594. The Morgan fingerprint density at radius 3 is 2.58 bits per heavy atom. The van der Waals surface area contributed by atoms with Crippen molar-refractivity contribution in [2.75, 3.05) is 7.11 Å². The summed E-state index contributed by atoms with van der Waals surface area (Å²) in [5, 5.41) is 0. The topological polar surface area (TPSA) is 26.3 Å². The van der Waals surface area contributed by atoms with Gasteiger partial charge in [0, 0.05) is 0 Å². The summed E-state index contributed by atoms with van der Waals surface area (Å²) in [6, 6.07) is 0. The van der Waals surface area contributed by atoms with Crippen molar-refractivity contribution in [3.05, 3.63) is 0 Å². The number of carbonyl (C=O) groups excluding carboxylic acids is 1. The lowest BCUT2D eigenvalue weighted by Crippen LogP contribution is -2.23. The average Bonchev–Trinajstić information content (AvgIpc) is 2.50. The van der Waals surface area contributed by atoms with E-state index in [1.165, 1.54) is 20.0 Å². The number of carbonyl (C=O) groups is 1. The van der Waals surface area contributed by atoms with Gasteiger partial charge >= 0.3 is 5.97 Å². The number of hydrogen-bond acceptors (Lipinski definition) is 2. The summed E-state index contributed by atoms with van der Waals surface area (Å²) in [5.41, 5.74) is 0. The fourth-order valence-electron chi connectivity index (χ4n) is 2.23. The lowest BCUT2D eigenvalue weighted by molar-refractivity contribution is -0.147. The molecule has 0 heterocycles. The van der Waals surface area contributed by atoms with Gasteiger partial charge in [0.2, 0.25) is 0 Å². The normalized spacial score (nSPS) is 29.3. The zero-order valence-corrected chi connectivity index (χ0v) is 8.17. The van der Waals surface area contributed by atoms with E-state index in [4.69, 9.17) is 4.74 Å². The molecule has 0 saturated heterocycles. The van der Waals surface area contributed by atoms with E-state index in [0.29, 0.717) is 11.8 Å². The molecule has 1 aliphatic carbocycles. The Kier molecular flexibility index (Phi) is 3.12. The van der Waals surface area contributed by atoms with Gasteiger partial charge in [0.15, 0.2) is 0 Å². The van der Waals surface area contributed by atoms with Crippen LogP contribution in [0.4, 0.5) is 0 Å². The van der Waals surface area contributed by atoms with Gasteiger partial charge in [0.05, 0.1) is 13.0 Å². The van der Waals surface area contributed by atoms with Gasteiger partial charge in [-0.25, -0.2) is 0 Å². The number of hydrogen-bond donors (Lipinski definition) is 0. The standard InChI is InChI=1S/C10H18O2/c1-7(2)8-5-4-6-9(8)10(11)12-3/h7-9H,4-6H2,1-3H3/t8-,9+/m0/s1. The van der Waals surface area contributed by atoms with E-state index in [1.54, 1.807) is 0 Å². The van der Waals surface area contributed by atoms with E-state index in [2.05, 4.69) is 13.8 Å². The largest absolute Gasteiger partial charge is 0.469 e. The molecule has 1 fully saturated rings. The van der Waals surface area contributed by atoms with Crippen LogP contribution < -0.4 is 0 Å². The summed E-state index contributed by atoms with van der Waals surface area (Å²) in [6.45, 7) is 4.37. The summed E-state index contributed by atoms with van der Waals surface area (Å²) in [7, 11) is 1.48. The van der Waals surface area contributed by atoms with Gasteiger partial charge in [-0.2, -0.15) is 0 Å². The first-order chi connectivity index (χ1) is 5.66. The van der Waals surface area contributed by atoms with Crippen LogP contribution in [0.25, 0.3) is 0 Å². The van der Waals surface area contributed by atoms with Crippen LogP contribution in [0.5, 0.6) is 0 Å². The number of methoxy groups -OCH3 is 1. The second kappa shape index (κ2) is 3.92. The molecule has 70 valence electrons. The Labute approximate surface area is 74.3 Å². The van der Waals surface area contributed by atoms with Gasteiger partial charge < -0.3 is 4.74 Å². The molecule has 0 aromatic heterocycles. The third-order valence-corrected chi connectivity index (χ3v) is 2.93. The van der Waals surface area contributed by atoms with Gasteiger partial charge in [-0.15, -0.1) is 0 Å². The number of esters is 1. The maximum atomic E-state index is 11.3. The van der Waals surface area contributed by atoms with E-state index in [9.17, 15) is 4.79 Å². The Bertz CT molecular complexity index is 163. The smallest absolute Gasteiger partial charge is 0.308 e. The highest BCUT2D eigenvalue weighted by Crippen LogP contribution is 2.37. The maximum Gasteiger partial charge on any atom is 0.308 e. The second-order valence-electron chi connectivity index (χ2n) is 3.97. The molecular weight excluding hydrogens is 152 g/mol. The summed E-state index contributed by atoms with van der Waals surface area (Å²) >= 11 is 0. The van der Waals surface area contributed by atoms with Gasteiger partial charge in [-0.05, 0) is 24.7 Å². The van der Waals surface area contributed by atoms with E-state index in [0.717, 1.165) is 6.42 Å². The van der Waals surface area contributed by atoms with Crippen LogP contribution in [0.1, 0.15) is 33.1 Å². The minimum Gasteiger partial charge on any atom is -0.469 e. The van der Waals surface area contributed by atoms with Crippen LogP contribution in [0.2, 0.25) is 0 Å². The predicted molar refractivity (Wildman–Crippen MR) is 47.7 cm³/mol. The SMILES string of the molecule is COC(=O)[C@@H]1CCC[C@H]1C(C)C. The summed E-state index contributed by atoms with van der Waals surface area (Å²) in [4.78, 5) is 11.3. The van der Waals surface area contributed by atoms with Crippen LogP contribution in [0.3, 0.4) is 0 Å². The molecular formula is C10H18O2. The van der Waals surface area contributed by atoms with Crippen LogP contribution in [0, 0.1) is 17.8 Å². The first kappa shape index (κ1) is 9.56. The minimum absolute atomic E-state index is 0.00815. The van der Waals surface area contributed by atoms with Gasteiger partial charge in [0.1, 0.15) is 0 Å². The molecule has 1 aliphatic rings. The minimum atomic E-state index is -0.00815. The third-order valence-electron chi connectivity index (χ3n) is 2.93. The van der Waals surface area contributed by atoms with Crippen molar-refractivity contribution in [1.29, 1.82) is 0 Å². The van der Waals surface area contributed by atoms with E-state index in [-0.39, 0.29) is 11.9 Å². The van der Waals surface area contributed by atoms with Crippen LogP contribution in [-0.4, -0.2) is 13.1 Å². The van der Waals surface area contributed by atoms with Crippen molar-refractivity contribution in [2.24, 2.45) is 17.8 Å². The molecule has 0 aromatic rings. The molecule has 2 heteroatoms. The van der Waals surface area contributed by atoms with E-state index in [1.807, 2.05) is 0 Å². The molecule has 1 rings (SSSR count). The van der Waals surface area contributed by atoms with Gasteiger partial charge in [0.25, 0.3) is 0 Å².